The average molecular weight is 584 g/mol. The number of hydrogen-bond acceptors (Lipinski definition) is 7. The van der Waals surface area contributed by atoms with Crippen LogP contribution in [0.5, 0.6) is 5.75 Å². The molecule has 12 nitrogen and oxygen atoms in total. The standard InChI is InChI=1S/C28H34N5O7P/c1-17(2)8-13-26-32-28(39-33-26)25(15-20-16-29-23-7-5-4-6-22(20)23)31-27(35)24(30-18(3)34)14-19-9-11-21(12-10-19)40-41(36,37)38/h4-7,9-12,16-17,24-25,29H,8,13-15H2,1-3H3,(H,30,34)(H,31,35)(H2,36,37,38)/t24-,25-/m0/s1. The van der Waals surface area contributed by atoms with E-state index in [9.17, 15) is 14.2 Å². The molecule has 0 radical (unpaired) electrons. The SMILES string of the molecule is CC(=O)N[C@@H](Cc1ccc(OP(=O)(O)O)cc1)C(=O)N[C@@H](Cc1c[nH]c2ccccc12)c1nc(CCC(C)C)no1. The molecular formula is C28H34N5O7P. The number of carbonyl (C=O) groups excluding carboxylic acids is 2. The molecule has 0 bridgehead atoms. The van der Waals surface area contributed by atoms with Crippen molar-refractivity contribution in [1.29, 1.82) is 0 Å². The molecule has 2 heterocycles. The van der Waals surface area contributed by atoms with Gasteiger partial charge in [0.05, 0.1) is 0 Å². The summed E-state index contributed by atoms with van der Waals surface area (Å²) in [7, 11) is -4.70. The molecule has 4 aromatic rings. The first kappa shape index (κ1) is 30.0. The molecule has 2 aromatic carbocycles. The average Bonchev–Trinajstić information content (AvgIpc) is 3.54. The number of aromatic amines is 1. The summed E-state index contributed by atoms with van der Waals surface area (Å²) in [6, 6.07) is 12.1. The molecular weight excluding hydrogens is 549 g/mol. The largest absolute Gasteiger partial charge is 0.524 e. The van der Waals surface area contributed by atoms with Crippen LogP contribution >= 0.6 is 7.82 Å². The maximum Gasteiger partial charge on any atom is 0.524 e. The lowest BCUT2D eigenvalue weighted by molar-refractivity contribution is -0.128. The van der Waals surface area contributed by atoms with Gasteiger partial charge in [-0.25, -0.2) is 4.57 Å². The summed E-state index contributed by atoms with van der Waals surface area (Å²) in [5.74, 6) is 0.419. The van der Waals surface area contributed by atoms with Gasteiger partial charge in [-0.15, -0.1) is 0 Å². The van der Waals surface area contributed by atoms with Crippen LogP contribution in [0.15, 0.2) is 59.3 Å². The van der Waals surface area contributed by atoms with Crippen molar-refractivity contribution in [2.75, 3.05) is 0 Å². The molecule has 2 atom stereocenters. The first-order valence-corrected chi connectivity index (χ1v) is 14.8. The van der Waals surface area contributed by atoms with Gasteiger partial charge in [0, 0.05) is 43.3 Å². The van der Waals surface area contributed by atoms with Crippen molar-refractivity contribution < 1.29 is 33.0 Å². The minimum absolute atomic E-state index is 0.0222. The molecule has 41 heavy (non-hydrogen) atoms. The van der Waals surface area contributed by atoms with Crippen molar-refractivity contribution in [3.05, 3.63) is 77.6 Å². The van der Waals surface area contributed by atoms with Crippen molar-refractivity contribution in [2.24, 2.45) is 5.92 Å². The van der Waals surface area contributed by atoms with E-state index < -0.39 is 31.7 Å². The Hall–Kier alpha value is -3.99. The van der Waals surface area contributed by atoms with E-state index in [0.29, 0.717) is 30.1 Å². The summed E-state index contributed by atoms with van der Waals surface area (Å²) in [6.07, 6.45) is 3.90. The predicted molar refractivity (Wildman–Crippen MR) is 151 cm³/mol. The molecule has 0 saturated heterocycles. The Morgan fingerprint density at radius 1 is 1.07 bits per heavy atom. The number of phosphoric ester groups is 1. The zero-order valence-electron chi connectivity index (χ0n) is 23.0. The second-order valence-electron chi connectivity index (χ2n) is 10.3. The topological polar surface area (TPSA) is 180 Å². The van der Waals surface area contributed by atoms with Gasteiger partial charge in [-0.1, -0.05) is 49.3 Å². The van der Waals surface area contributed by atoms with Crippen LogP contribution in [0.2, 0.25) is 0 Å². The number of nitrogens with one attached hydrogen (secondary N) is 3. The number of H-pyrrole nitrogens is 1. The lowest BCUT2D eigenvalue weighted by Crippen LogP contribution is -2.48. The monoisotopic (exact) mass is 583 g/mol. The Bertz CT molecular complexity index is 1530. The van der Waals surface area contributed by atoms with Crippen molar-refractivity contribution in [2.45, 2.75) is 58.5 Å². The van der Waals surface area contributed by atoms with Gasteiger partial charge < -0.3 is 24.7 Å². The van der Waals surface area contributed by atoms with E-state index in [-0.39, 0.29) is 18.1 Å². The third kappa shape index (κ3) is 8.75. The molecule has 0 saturated carbocycles. The van der Waals surface area contributed by atoms with Gasteiger partial charge in [0.15, 0.2) is 5.82 Å². The molecule has 5 N–H and O–H groups in total. The van der Waals surface area contributed by atoms with Gasteiger partial charge in [-0.2, -0.15) is 4.98 Å². The summed E-state index contributed by atoms with van der Waals surface area (Å²) in [6.45, 7) is 5.54. The Morgan fingerprint density at radius 3 is 2.49 bits per heavy atom. The van der Waals surface area contributed by atoms with E-state index in [1.54, 1.807) is 12.1 Å². The highest BCUT2D eigenvalue weighted by Gasteiger charge is 2.28. The number of aryl methyl sites for hydroxylation is 1. The van der Waals surface area contributed by atoms with Crippen LogP contribution < -0.4 is 15.2 Å². The number of fused-ring (bicyclic) bond motifs is 1. The van der Waals surface area contributed by atoms with Crippen LogP contribution in [0.4, 0.5) is 0 Å². The van der Waals surface area contributed by atoms with Gasteiger partial charge in [0.2, 0.25) is 17.7 Å². The second-order valence-corrected chi connectivity index (χ2v) is 11.5. The zero-order valence-corrected chi connectivity index (χ0v) is 23.9. The van der Waals surface area contributed by atoms with Gasteiger partial charge in [0.25, 0.3) is 0 Å². The number of rotatable bonds is 13. The zero-order chi connectivity index (χ0) is 29.6. The van der Waals surface area contributed by atoms with E-state index in [4.69, 9.17) is 14.3 Å². The van der Waals surface area contributed by atoms with E-state index in [0.717, 1.165) is 22.9 Å². The van der Waals surface area contributed by atoms with E-state index >= 15 is 0 Å². The highest BCUT2D eigenvalue weighted by molar-refractivity contribution is 7.46. The van der Waals surface area contributed by atoms with Gasteiger partial charge in [0.1, 0.15) is 17.8 Å². The predicted octanol–water partition coefficient (Wildman–Crippen LogP) is 3.76. The fourth-order valence-electron chi connectivity index (χ4n) is 4.44. The summed E-state index contributed by atoms with van der Waals surface area (Å²) in [5, 5.41) is 10.8. The van der Waals surface area contributed by atoms with Crippen LogP contribution in [-0.2, 0) is 33.4 Å². The van der Waals surface area contributed by atoms with Gasteiger partial charge >= 0.3 is 7.82 Å². The third-order valence-electron chi connectivity index (χ3n) is 6.42. The molecule has 218 valence electrons. The highest BCUT2D eigenvalue weighted by atomic mass is 31.2. The minimum Gasteiger partial charge on any atom is -0.404 e. The molecule has 0 unspecified atom stereocenters. The maximum atomic E-state index is 13.6. The van der Waals surface area contributed by atoms with Crippen LogP contribution in [0, 0.1) is 5.92 Å². The summed E-state index contributed by atoms with van der Waals surface area (Å²) in [4.78, 5) is 51.4. The molecule has 0 aliphatic carbocycles. The number of amides is 2. The summed E-state index contributed by atoms with van der Waals surface area (Å²) >= 11 is 0. The van der Waals surface area contributed by atoms with Crippen molar-refractivity contribution in [3.63, 3.8) is 0 Å². The lowest BCUT2D eigenvalue weighted by atomic mass is 10.0. The molecule has 0 aliphatic rings. The van der Waals surface area contributed by atoms with Crippen LogP contribution in [-0.4, -0.2) is 42.8 Å². The molecule has 4 rings (SSSR count). The first-order chi connectivity index (χ1) is 19.5. The maximum absolute atomic E-state index is 13.6. The smallest absolute Gasteiger partial charge is 0.404 e. The molecule has 2 amide bonds. The normalized spacial score (nSPS) is 13.2. The Kier molecular flexibility index (Phi) is 9.59. The number of para-hydroxylation sites is 1. The Labute approximate surface area is 237 Å². The van der Waals surface area contributed by atoms with Gasteiger partial charge in [-0.05, 0) is 41.7 Å². The summed E-state index contributed by atoms with van der Waals surface area (Å²) < 4.78 is 21.3. The van der Waals surface area contributed by atoms with E-state index in [1.165, 1.54) is 19.1 Å². The third-order valence-corrected chi connectivity index (χ3v) is 6.87. The number of benzene rings is 2. The quantitative estimate of drug-likeness (QED) is 0.147. The number of hydrogen-bond donors (Lipinski definition) is 5. The Balaban J connectivity index is 1.56. The van der Waals surface area contributed by atoms with Crippen LogP contribution in [0.25, 0.3) is 10.9 Å². The van der Waals surface area contributed by atoms with Crippen LogP contribution in [0.1, 0.15) is 56.1 Å². The fourth-order valence-corrected chi connectivity index (χ4v) is 4.83. The molecule has 13 heteroatoms. The minimum atomic E-state index is -4.70. The van der Waals surface area contributed by atoms with Crippen molar-refractivity contribution >= 4 is 30.5 Å². The first-order valence-electron chi connectivity index (χ1n) is 13.3. The van der Waals surface area contributed by atoms with E-state index in [1.807, 2.05) is 30.5 Å². The fraction of sp³-hybridized carbons (Fsp3) is 0.357. The molecule has 0 spiro atoms. The molecule has 2 aromatic heterocycles. The van der Waals surface area contributed by atoms with Gasteiger partial charge in [-0.3, -0.25) is 19.4 Å². The number of carbonyl (C=O) groups is 2. The van der Waals surface area contributed by atoms with E-state index in [2.05, 4.69) is 44.1 Å². The lowest BCUT2D eigenvalue weighted by Gasteiger charge is -2.21. The number of aromatic nitrogens is 3. The highest BCUT2D eigenvalue weighted by Crippen LogP contribution is 2.37. The van der Waals surface area contributed by atoms with Crippen LogP contribution in [0.3, 0.4) is 0 Å². The summed E-state index contributed by atoms with van der Waals surface area (Å²) in [5.41, 5.74) is 2.54. The number of nitrogens with zero attached hydrogens (tertiary/aromatic N) is 2. The second kappa shape index (κ2) is 13.1. The molecule has 0 aliphatic heterocycles. The van der Waals surface area contributed by atoms with Crippen molar-refractivity contribution in [1.82, 2.24) is 25.8 Å². The van der Waals surface area contributed by atoms with Crippen molar-refractivity contribution in [3.8, 4) is 5.75 Å². The molecule has 0 fully saturated rings. The Morgan fingerprint density at radius 2 is 1.80 bits per heavy atom. The number of phosphoric acid groups is 1.